The number of nitrogens with zero attached hydrogens (tertiary/aromatic N) is 1. The molecule has 1 saturated heterocycles. The fraction of sp³-hybridized carbons (Fsp3) is 0.667. The molecule has 0 saturated carbocycles. The van der Waals surface area contributed by atoms with Crippen LogP contribution in [0.15, 0.2) is 24.3 Å². The number of halogens is 1. The van der Waals surface area contributed by atoms with Gasteiger partial charge in [0.1, 0.15) is 0 Å². The molecule has 1 N–H and O–H groups in total. The van der Waals surface area contributed by atoms with Crippen molar-refractivity contribution in [3.63, 3.8) is 0 Å². The molecule has 0 aliphatic carbocycles. The molecule has 0 aromatic heterocycles. The monoisotopic (exact) mass is 366 g/mol. The van der Waals surface area contributed by atoms with Gasteiger partial charge in [-0.05, 0) is 61.7 Å². The van der Waals surface area contributed by atoms with Crippen LogP contribution in [0, 0.1) is 5.92 Å². The standard InChI is InChI=1S/C21H34N2O.ClH/c1-21(2,3)19-11-9-17(10-12-19)7-5-6-8-20(24)23-14-13-18(16-23)15-22-4;/h9-12,18,22H,5-8,13-16H2,1-4H3;1H. The van der Waals surface area contributed by atoms with Crippen LogP contribution < -0.4 is 5.32 Å². The largest absolute Gasteiger partial charge is 0.342 e. The molecule has 1 amide bonds. The minimum absolute atomic E-state index is 0. The van der Waals surface area contributed by atoms with Crippen LogP contribution in [0.25, 0.3) is 0 Å². The van der Waals surface area contributed by atoms with E-state index in [0.29, 0.717) is 18.2 Å². The predicted octanol–water partition coefficient (Wildman–Crippen LogP) is 4.19. The van der Waals surface area contributed by atoms with Gasteiger partial charge >= 0.3 is 0 Å². The van der Waals surface area contributed by atoms with Gasteiger partial charge in [0.05, 0.1) is 0 Å². The number of nitrogens with one attached hydrogen (secondary N) is 1. The molecule has 0 bridgehead atoms. The van der Waals surface area contributed by atoms with Crippen molar-refractivity contribution in [1.29, 1.82) is 0 Å². The molecule has 1 aliphatic rings. The second kappa shape index (κ2) is 10.2. The molecule has 1 unspecified atom stereocenters. The molecule has 1 aromatic carbocycles. The summed E-state index contributed by atoms with van der Waals surface area (Å²) in [4.78, 5) is 14.3. The van der Waals surface area contributed by atoms with Crippen LogP contribution in [0.2, 0.25) is 0 Å². The highest BCUT2D eigenvalue weighted by molar-refractivity contribution is 5.85. The van der Waals surface area contributed by atoms with Crippen LogP contribution in [0.3, 0.4) is 0 Å². The van der Waals surface area contributed by atoms with E-state index in [1.54, 1.807) is 0 Å². The van der Waals surface area contributed by atoms with E-state index in [1.165, 1.54) is 11.1 Å². The first-order valence-electron chi connectivity index (χ1n) is 9.42. The predicted molar refractivity (Wildman–Crippen MR) is 109 cm³/mol. The molecule has 0 radical (unpaired) electrons. The van der Waals surface area contributed by atoms with E-state index in [0.717, 1.165) is 45.3 Å². The van der Waals surface area contributed by atoms with E-state index in [9.17, 15) is 4.79 Å². The molecule has 2 rings (SSSR count). The summed E-state index contributed by atoms with van der Waals surface area (Å²) in [6, 6.07) is 8.97. The molecule has 1 atom stereocenters. The highest BCUT2D eigenvalue weighted by Crippen LogP contribution is 2.23. The first-order chi connectivity index (χ1) is 11.4. The number of rotatable bonds is 7. The first-order valence-corrected chi connectivity index (χ1v) is 9.42. The highest BCUT2D eigenvalue weighted by atomic mass is 35.5. The van der Waals surface area contributed by atoms with Crippen LogP contribution in [0.4, 0.5) is 0 Å². The second-order valence-corrected chi connectivity index (χ2v) is 8.21. The number of amides is 1. The minimum atomic E-state index is 0. The molecule has 1 aliphatic heterocycles. The number of unbranched alkanes of at least 4 members (excludes halogenated alkanes) is 1. The number of hydrogen-bond donors (Lipinski definition) is 1. The molecule has 3 nitrogen and oxygen atoms in total. The summed E-state index contributed by atoms with van der Waals surface area (Å²) >= 11 is 0. The first kappa shape index (κ1) is 22.0. The molecule has 25 heavy (non-hydrogen) atoms. The Morgan fingerprint density at radius 3 is 2.48 bits per heavy atom. The quantitative estimate of drug-likeness (QED) is 0.734. The Bertz CT molecular complexity index is 522. The van der Waals surface area contributed by atoms with Crippen LogP contribution in [-0.2, 0) is 16.6 Å². The molecule has 1 aromatic rings. The normalized spacial score (nSPS) is 17.4. The van der Waals surface area contributed by atoms with Gasteiger partial charge in [-0.25, -0.2) is 0 Å². The zero-order chi connectivity index (χ0) is 17.6. The average Bonchev–Trinajstić information content (AvgIpc) is 3.00. The number of likely N-dealkylation sites (tertiary alicyclic amines) is 1. The van der Waals surface area contributed by atoms with Gasteiger partial charge in [0, 0.05) is 19.5 Å². The summed E-state index contributed by atoms with van der Waals surface area (Å²) in [6.07, 6.45) is 5.00. The summed E-state index contributed by atoms with van der Waals surface area (Å²) in [5.41, 5.74) is 2.98. The van der Waals surface area contributed by atoms with E-state index in [-0.39, 0.29) is 17.8 Å². The fourth-order valence-electron chi connectivity index (χ4n) is 3.45. The highest BCUT2D eigenvalue weighted by Gasteiger charge is 2.25. The van der Waals surface area contributed by atoms with Gasteiger partial charge in [-0.2, -0.15) is 0 Å². The molecule has 1 heterocycles. The lowest BCUT2D eigenvalue weighted by Gasteiger charge is -2.19. The third-order valence-corrected chi connectivity index (χ3v) is 5.06. The van der Waals surface area contributed by atoms with Gasteiger partial charge in [-0.3, -0.25) is 4.79 Å². The van der Waals surface area contributed by atoms with Crippen LogP contribution >= 0.6 is 12.4 Å². The number of aryl methyl sites for hydroxylation is 1. The Hall–Kier alpha value is -1.06. The SMILES string of the molecule is CNCC1CCN(C(=O)CCCCc2ccc(C(C)(C)C)cc2)C1.Cl. The van der Waals surface area contributed by atoms with Crippen LogP contribution in [0.1, 0.15) is 57.6 Å². The molecular formula is C21H35ClN2O. The molecule has 0 spiro atoms. The number of benzene rings is 1. The Balaban J connectivity index is 0.00000312. The summed E-state index contributed by atoms with van der Waals surface area (Å²) in [7, 11) is 1.98. The maximum absolute atomic E-state index is 12.3. The summed E-state index contributed by atoms with van der Waals surface area (Å²) in [6.45, 7) is 9.63. The lowest BCUT2D eigenvalue weighted by Crippen LogP contribution is -2.30. The zero-order valence-electron chi connectivity index (χ0n) is 16.3. The van der Waals surface area contributed by atoms with Gasteiger partial charge in [0.25, 0.3) is 0 Å². The van der Waals surface area contributed by atoms with E-state index in [4.69, 9.17) is 0 Å². The van der Waals surface area contributed by atoms with Crippen LogP contribution in [0.5, 0.6) is 0 Å². The molecular weight excluding hydrogens is 332 g/mol. The number of hydrogen-bond acceptors (Lipinski definition) is 2. The summed E-state index contributed by atoms with van der Waals surface area (Å²) in [5.74, 6) is 0.983. The smallest absolute Gasteiger partial charge is 0.222 e. The van der Waals surface area contributed by atoms with Crippen molar-refractivity contribution in [2.45, 2.75) is 58.3 Å². The summed E-state index contributed by atoms with van der Waals surface area (Å²) in [5, 5.41) is 3.21. The van der Waals surface area contributed by atoms with E-state index in [1.807, 2.05) is 7.05 Å². The van der Waals surface area contributed by atoms with E-state index >= 15 is 0 Å². The minimum Gasteiger partial charge on any atom is -0.342 e. The molecule has 142 valence electrons. The lowest BCUT2D eigenvalue weighted by atomic mass is 9.86. The van der Waals surface area contributed by atoms with E-state index < -0.39 is 0 Å². The van der Waals surface area contributed by atoms with Crippen molar-refractivity contribution in [3.8, 4) is 0 Å². The molecule has 1 fully saturated rings. The van der Waals surface area contributed by atoms with Gasteiger partial charge < -0.3 is 10.2 Å². The van der Waals surface area contributed by atoms with Crippen molar-refractivity contribution >= 4 is 18.3 Å². The van der Waals surface area contributed by atoms with Gasteiger partial charge in [-0.1, -0.05) is 45.0 Å². The summed E-state index contributed by atoms with van der Waals surface area (Å²) < 4.78 is 0. The Morgan fingerprint density at radius 1 is 1.20 bits per heavy atom. The maximum Gasteiger partial charge on any atom is 0.222 e. The number of carbonyl (C=O) groups excluding carboxylic acids is 1. The topological polar surface area (TPSA) is 32.3 Å². The lowest BCUT2D eigenvalue weighted by molar-refractivity contribution is -0.130. The Kier molecular flexibility index (Phi) is 8.95. The number of carbonyl (C=O) groups is 1. The van der Waals surface area contributed by atoms with Gasteiger partial charge in [0.15, 0.2) is 0 Å². The fourth-order valence-corrected chi connectivity index (χ4v) is 3.45. The maximum atomic E-state index is 12.3. The second-order valence-electron chi connectivity index (χ2n) is 8.21. The third kappa shape index (κ3) is 6.99. The van der Waals surface area contributed by atoms with E-state index in [2.05, 4.69) is 55.3 Å². The zero-order valence-corrected chi connectivity index (χ0v) is 17.1. The molecule has 4 heteroatoms. The van der Waals surface area contributed by atoms with Gasteiger partial charge in [0.2, 0.25) is 5.91 Å². The third-order valence-electron chi connectivity index (χ3n) is 5.06. The Morgan fingerprint density at radius 2 is 1.88 bits per heavy atom. The van der Waals surface area contributed by atoms with Crippen molar-refractivity contribution in [2.75, 3.05) is 26.7 Å². The van der Waals surface area contributed by atoms with Crippen molar-refractivity contribution in [3.05, 3.63) is 35.4 Å². The van der Waals surface area contributed by atoms with Crippen molar-refractivity contribution < 1.29 is 4.79 Å². The Labute approximate surface area is 160 Å². The van der Waals surface area contributed by atoms with Crippen molar-refractivity contribution in [2.24, 2.45) is 5.92 Å². The average molecular weight is 367 g/mol. The van der Waals surface area contributed by atoms with Crippen molar-refractivity contribution in [1.82, 2.24) is 10.2 Å². The van der Waals surface area contributed by atoms with Gasteiger partial charge in [-0.15, -0.1) is 12.4 Å². The van der Waals surface area contributed by atoms with Crippen LogP contribution in [-0.4, -0.2) is 37.5 Å².